The summed E-state index contributed by atoms with van der Waals surface area (Å²) in [4.78, 5) is 11.1. The van der Waals surface area contributed by atoms with E-state index in [1.165, 1.54) is 6.08 Å². The number of esters is 1. The lowest BCUT2D eigenvalue weighted by Crippen LogP contribution is -2.11. The summed E-state index contributed by atoms with van der Waals surface area (Å²) in [6, 6.07) is 7.25. The smallest absolute Gasteiger partial charge is 0.330 e. The Balaban J connectivity index is 2.20. The molecule has 0 aliphatic carbocycles. The van der Waals surface area contributed by atoms with Gasteiger partial charge in [-0.15, -0.1) is 0 Å². The highest BCUT2D eigenvalue weighted by atomic mass is 16.5. The first-order chi connectivity index (χ1) is 10.2. The van der Waals surface area contributed by atoms with Crippen LogP contribution in [0.4, 0.5) is 0 Å². The summed E-state index contributed by atoms with van der Waals surface area (Å²) in [5.41, 5.74) is 0. The number of carbonyl (C=O) groups excluding carboxylic acids is 1. The van der Waals surface area contributed by atoms with Crippen LogP contribution in [0.15, 0.2) is 36.4 Å². The highest BCUT2D eigenvalue weighted by Crippen LogP contribution is 2.17. The van der Waals surface area contributed by atoms with Gasteiger partial charge in [-0.1, -0.05) is 6.08 Å². The van der Waals surface area contributed by atoms with E-state index in [2.05, 4.69) is 0 Å². The van der Waals surface area contributed by atoms with Crippen molar-refractivity contribution in [1.82, 2.24) is 0 Å². The van der Waals surface area contributed by atoms with Crippen LogP contribution >= 0.6 is 0 Å². The number of aliphatic hydroxyl groups is 1. The second-order valence-electron chi connectivity index (χ2n) is 4.36. The molecule has 0 radical (unpaired) electrons. The van der Waals surface area contributed by atoms with E-state index in [9.17, 15) is 9.90 Å². The number of methoxy groups -OCH3 is 1. The molecular formula is C16H22O5. The third-order valence-electron chi connectivity index (χ3n) is 2.73. The quantitative estimate of drug-likeness (QED) is 0.559. The Kier molecular flexibility index (Phi) is 7.97. The molecule has 0 unspecified atom stereocenters. The molecule has 116 valence electrons. The average molecular weight is 294 g/mol. The van der Waals surface area contributed by atoms with Crippen molar-refractivity contribution in [2.45, 2.75) is 25.9 Å². The van der Waals surface area contributed by atoms with E-state index in [1.54, 1.807) is 20.1 Å². The van der Waals surface area contributed by atoms with Crippen LogP contribution in [0.1, 0.15) is 19.8 Å². The Morgan fingerprint density at radius 3 is 2.57 bits per heavy atom. The molecule has 1 rings (SSSR count). The van der Waals surface area contributed by atoms with Crippen LogP contribution in [-0.2, 0) is 9.53 Å². The highest BCUT2D eigenvalue weighted by Gasteiger charge is 2.03. The van der Waals surface area contributed by atoms with Gasteiger partial charge in [0.25, 0.3) is 0 Å². The van der Waals surface area contributed by atoms with E-state index < -0.39 is 6.10 Å². The Morgan fingerprint density at radius 2 is 1.95 bits per heavy atom. The standard InChI is InChI=1S/C16H22O5/c1-3-20-16(18)6-4-5-13(17)11-12-21-15-9-7-14(19-2)8-10-15/h4,6-10,13,17H,3,5,11-12H2,1-2H3/b6-4+/t13-/m0/s1. The topological polar surface area (TPSA) is 65.0 Å². The summed E-state index contributed by atoms with van der Waals surface area (Å²) >= 11 is 0. The number of carbonyl (C=O) groups is 1. The van der Waals surface area contributed by atoms with Crippen molar-refractivity contribution in [2.24, 2.45) is 0 Å². The summed E-state index contributed by atoms with van der Waals surface area (Å²) in [5.74, 6) is 1.11. The zero-order valence-electron chi connectivity index (χ0n) is 12.5. The minimum Gasteiger partial charge on any atom is -0.497 e. The minimum absolute atomic E-state index is 0.349. The van der Waals surface area contributed by atoms with Crippen LogP contribution < -0.4 is 9.47 Å². The lowest BCUT2D eigenvalue weighted by atomic mass is 10.2. The van der Waals surface area contributed by atoms with Crippen molar-refractivity contribution >= 4 is 5.97 Å². The SMILES string of the molecule is CCOC(=O)/C=C/C[C@H](O)CCOc1ccc(OC)cc1. The predicted octanol–water partition coefficient (Wildman–Crippen LogP) is 2.33. The molecule has 0 aliphatic rings. The molecule has 0 saturated heterocycles. The van der Waals surface area contributed by atoms with Gasteiger partial charge in [-0.25, -0.2) is 4.79 Å². The lowest BCUT2D eigenvalue weighted by molar-refractivity contribution is -0.137. The number of rotatable bonds is 9. The Hall–Kier alpha value is -2.01. The van der Waals surface area contributed by atoms with Gasteiger partial charge in [-0.2, -0.15) is 0 Å². The highest BCUT2D eigenvalue weighted by molar-refractivity contribution is 5.81. The zero-order chi connectivity index (χ0) is 15.5. The number of benzene rings is 1. The molecule has 0 fully saturated rings. The first-order valence-electron chi connectivity index (χ1n) is 6.94. The minimum atomic E-state index is -0.547. The summed E-state index contributed by atoms with van der Waals surface area (Å²) in [6.07, 6.45) is 3.27. The molecule has 0 heterocycles. The van der Waals surface area contributed by atoms with E-state index in [-0.39, 0.29) is 5.97 Å². The number of hydrogen-bond acceptors (Lipinski definition) is 5. The molecule has 21 heavy (non-hydrogen) atoms. The Morgan fingerprint density at radius 1 is 1.29 bits per heavy atom. The molecule has 0 saturated carbocycles. The van der Waals surface area contributed by atoms with Gasteiger partial charge >= 0.3 is 5.97 Å². The maximum atomic E-state index is 11.1. The van der Waals surface area contributed by atoms with Gasteiger partial charge in [0.2, 0.25) is 0 Å². The molecule has 1 aromatic carbocycles. The average Bonchev–Trinajstić information content (AvgIpc) is 2.48. The molecule has 0 aromatic heterocycles. The number of ether oxygens (including phenoxy) is 3. The Bertz CT molecular complexity index is 438. The molecule has 1 aromatic rings. The third kappa shape index (κ3) is 7.37. The Labute approximate surface area is 125 Å². The first-order valence-corrected chi connectivity index (χ1v) is 6.94. The van der Waals surface area contributed by atoms with E-state index in [4.69, 9.17) is 14.2 Å². The van der Waals surface area contributed by atoms with E-state index in [0.717, 1.165) is 11.5 Å². The van der Waals surface area contributed by atoms with Crippen LogP contribution in [0.2, 0.25) is 0 Å². The van der Waals surface area contributed by atoms with Crippen LogP contribution in [0.25, 0.3) is 0 Å². The fourth-order valence-electron chi connectivity index (χ4n) is 1.61. The zero-order valence-corrected chi connectivity index (χ0v) is 12.5. The molecule has 1 N–H and O–H groups in total. The van der Waals surface area contributed by atoms with Crippen molar-refractivity contribution in [1.29, 1.82) is 0 Å². The van der Waals surface area contributed by atoms with Crippen LogP contribution in [0.5, 0.6) is 11.5 Å². The van der Waals surface area contributed by atoms with Gasteiger partial charge in [0.1, 0.15) is 11.5 Å². The summed E-state index contributed by atoms with van der Waals surface area (Å²) < 4.78 is 15.3. The molecule has 1 atom stereocenters. The van der Waals surface area contributed by atoms with Gasteiger partial charge in [0.15, 0.2) is 0 Å². The summed E-state index contributed by atoms with van der Waals surface area (Å²) in [5, 5.41) is 9.75. The van der Waals surface area contributed by atoms with Crippen molar-refractivity contribution in [3.63, 3.8) is 0 Å². The predicted molar refractivity (Wildman–Crippen MR) is 79.5 cm³/mol. The van der Waals surface area contributed by atoms with Gasteiger partial charge < -0.3 is 19.3 Å². The van der Waals surface area contributed by atoms with Crippen LogP contribution in [0.3, 0.4) is 0 Å². The maximum absolute atomic E-state index is 11.1. The van der Waals surface area contributed by atoms with Crippen molar-refractivity contribution in [2.75, 3.05) is 20.3 Å². The molecule has 0 amide bonds. The van der Waals surface area contributed by atoms with Crippen molar-refractivity contribution in [3.8, 4) is 11.5 Å². The second-order valence-corrected chi connectivity index (χ2v) is 4.36. The number of aliphatic hydroxyl groups excluding tert-OH is 1. The molecule has 0 bridgehead atoms. The molecule has 0 spiro atoms. The monoisotopic (exact) mass is 294 g/mol. The third-order valence-corrected chi connectivity index (χ3v) is 2.73. The van der Waals surface area contributed by atoms with Gasteiger partial charge in [-0.05, 0) is 37.6 Å². The fourth-order valence-corrected chi connectivity index (χ4v) is 1.61. The lowest BCUT2D eigenvalue weighted by Gasteiger charge is -2.10. The van der Waals surface area contributed by atoms with Crippen molar-refractivity contribution in [3.05, 3.63) is 36.4 Å². The second kappa shape index (κ2) is 9.83. The fraction of sp³-hybridized carbons (Fsp3) is 0.438. The van der Waals surface area contributed by atoms with Crippen LogP contribution in [0, 0.1) is 0 Å². The van der Waals surface area contributed by atoms with Crippen LogP contribution in [-0.4, -0.2) is 37.5 Å². The number of hydrogen-bond donors (Lipinski definition) is 1. The molecule has 5 nitrogen and oxygen atoms in total. The van der Waals surface area contributed by atoms with Gasteiger partial charge in [-0.3, -0.25) is 0 Å². The van der Waals surface area contributed by atoms with E-state index in [0.29, 0.717) is 26.1 Å². The molecule has 5 heteroatoms. The summed E-state index contributed by atoms with van der Waals surface area (Å²) in [7, 11) is 1.61. The normalized spacial score (nSPS) is 12.1. The van der Waals surface area contributed by atoms with E-state index in [1.807, 2.05) is 24.3 Å². The first kappa shape index (κ1) is 17.0. The maximum Gasteiger partial charge on any atom is 0.330 e. The summed E-state index contributed by atoms with van der Waals surface area (Å²) in [6.45, 7) is 2.50. The molecular weight excluding hydrogens is 272 g/mol. The van der Waals surface area contributed by atoms with E-state index >= 15 is 0 Å². The van der Waals surface area contributed by atoms with Gasteiger partial charge in [0, 0.05) is 12.5 Å². The molecule has 0 aliphatic heterocycles. The van der Waals surface area contributed by atoms with Crippen molar-refractivity contribution < 1.29 is 24.1 Å². The van der Waals surface area contributed by atoms with Gasteiger partial charge in [0.05, 0.1) is 26.4 Å². The largest absolute Gasteiger partial charge is 0.497 e.